The van der Waals surface area contributed by atoms with Gasteiger partial charge in [-0.3, -0.25) is 16.0 Å². The van der Waals surface area contributed by atoms with Crippen molar-refractivity contribution in [3.05, 3.63) is 51.8 Å². The predicted molar refractivity (Wildman–Crippen MR) is 77.2 cm³/mol. The topological polar surface area (TPSA) is 107 Å². The van der Waals surface area contributed by atoms with Gasteiger partial charge in [0.1, 0.15) is 5.69 Å². The second-order valence-corrected chi connectivity index (χ2v) is 5.03. The molecular formula is C12H13N5O2S. The van der Waals surface area contributed by atoms with Crippen LogP contribution in [0.1, 0.15) is 11.1 Å². The first kappa shape index (κ1) is 14.2. The van der Waals surface area contributed by atoms with E-state index in [1.54, 1.807) is 24.5 Å². The minimum atomic E-state index is -0.467. The maximum atomic E-state index is 10.9. The molecule has 1 aromatic carbocycles. The lowest BCUT2D eigenvalue weighted by molar-refractivity contribution is -0.384. The number of nitro benzene ring substituents is 1. The zero-order chi connectivity index (χ0) is 14.5. The summed E-state index contributed by atoms with van der Waals surface area (Å²) in [6.45, 7) is 1.91. The third-order valence-corrected chi connectivity index (χ3v) is 3.49. The van der Waals surface area contributed by atoms with Crippen molar-refractivity contribution in [2.75, 3.05) is 5.43 Å². The first-order chi connectivity index (χ1) is 9.60. The van der Waals surface area contributed by atoms with E-state index in [1.165, 1.54) is 17.8 Å². The lowest BCUT2D eigenvalue weighted by atomic mass is 10.2. The fourth-order valence-electron chi connectivity index (χ4n) is 1.54. The lowest BCUT2D eigenvalue weighted by Crippen LogP contribution is -2.09. The Bertz CT molecular complexity index is 618. The Hall–Kier alpha value is -2.19. The highest BCUT2D eigenvalue weighted by Gasteiger charge is 2.13. The van der Waals surface area contributed by atoms with Crippen molar-refractivity contribution in [1.82, 2.24) is 9.97 Å². The standard InChI is InChI=1S/C12H13N5O2S/c1-8-5-14-12(15-6-8)20-7-9-2-3-10(16-13)11(4-9)17(18)19/h2-6,16H,7,13H2,1H3. The summed E-state index contributed by atoms with van der Waals surface area (Å²) in [6.07, 6.45) is 3.47. The van der Waals surface area contributed by atoms with Crippen LogP contribution in [0.4, 0.5) is 11.4 Å². The summed E-state index contributed by atoms with van der Waals surface area (Å²) in [6, 6.07) is 4.86. The molecule has 0 aliphatic heterocycles. The number of thioether (sulfide) groups is 1. The van der Waals surface area contributed by atoms with Gasteiger partial charge in [0.05, 0.1) is 4.92 Å². The molecule has 7 nitrogen and oxygen atoms in total. The average Bonchev–Trinajstić information content (AvgIpc) is 2.46. The van der Waals surface area contributed by atoms with Gasteiger partial charge in [-0.2, -0.15) is 0 Å². The van der Waals surface area contributed by atoms with E-state index in [0.29, 0.717) is 10.9 Å². The largest absolute Gasteiger partial charge is 0.318 e. The van der Waals surface area contributed by atoms with Crippen LogP contribution in [-0.2, 0) is 5.75 Å². The van der Waals surface area contributed by atoms with Crippen molar-refractivity contribution in [3.8, 4) is 0 Å². The Morgan fingerprint density at radius 1 is 1.40 bits per heavy atom. The molecule has 20 heavy (non-hydrogen) atoms. The molecule has 0 spiro atoms. The Morgan fingerprint density at radius 3 is 2.70 bits per heavy atom. The van der Waals surface area contributed by atoms with Crippen molar-refractivity contribution >= 4 is 23.1 Å². The lowest BCUT2D eigenvalue weighted by Gasteiger charge is -2.05. The predicted octanol–water partition coefficient (Wildman–Crippen LogP) is 2.27. The van der Waals surface area contributed by atoms with Crippen molar-refractivity contribution in [1.29, 1.82) is 0 Å². The quantitative estimate of drug-likeness (QED) is 0.286. The molecule has 0 saturated carbocycles. The number of nitrogen functional groups attached to an aromatic ring is 1. The Kier molecular flexibility index (Phi) is 4.49. The Morgan fingerprint density at radius 2 is 2.10 bits per heavy atom. The van der Waals surface area contributed by atoms with Gasteiger partial charge in [-0.25, -0.2) is 9.97 Å². The molecular weight excluding hydrogens is 278 g/mol. The number of nitro groups is 1. The fourth-order valence-corrected chi connectivity index (χ4v) is 2.27. The third-order valence-electron chi connectivity index (χ3n) is 2.54. The molecule has 1 aromatic heterocycles. The number of nitrogens with zero attached hydrogens (tertiary/aromatic N) is 3. The van der Waals surface area contributed by atoms with Gasteiger partial charge in [0, 0.05) is 24.2 Å². The molecule has 0 aliphatic carbocycles. The molecule has 0 bridgehead atoms. The zero-order valence-corrected chi connectivity index (χ0v) is 11.6. The van der Waals surface area contributed by atoms with Crippen molar-refractivity contribution in [3.63, 3.8) is 0 Å². The highest BCUT2D eigenvalue weighted by atomic mass is 32.2. The number of hydrazine groups is 1. The van der Waals surface area contributed by atoms with Gasteiger partial charge in [0.15, 0.2) is 5.16 Å². The summed E-state index contributed by atoms with van der Waals surface area (Å²) >= 11 is 1.42. The number of hydrogen-bond donors (Lipinski definition) is 2. The number of nitrogens with two attached hydrogens (primary N) is 1. The monoisotopic (exact) mass is 291 g/mol. The maximum Gasteiger partial charge on any atom is 0.293 e. The van der Waals surface area contributed by atoms with Crippen LogP contribution in [0.5, 0.6) is 0 Å². The second-order valence-electron chi connectivity index (χ2n) is 4.08. The fraction of sp³-hybridized carbons (Fsp3) is 0.167. The van der Waals surface area contributed by atoms with Gasteiger partial charge >= 0.3 is 0 Å². The van der Waals surface area contributed by atoms with Gasteiger partial charge in [-0.1, -0.05) is 17.8 Å². The molecule has 2 aromatic rings. The SMILES string of the molecule is Cc1cnc(SCc2ccc(NN)c([N+](=O)[O-])c2)nc1. The summed E-state index contributed by atoms with van der Waals surface area (Å²) in [5.41, 5.74) is 4.35. The van der Waals surface area contributed by atoms with Gasteiger partial charge in [0.25, 0.3) is 5.69 Å². The number of aryl methyl sites for hydroxylation is 1. The average molecular weight is 291 g/mol. The summed E-state index contributed by atoms with van der Waals surface area (Å²) in [5.74, 6) is 5.79. The molecule has 0 aliphatic rings. The van der Waals surface area contributed by atoms with Crippen LogP contribution in [0.25, 0.3) is 0 Å². The number of hydrogen-bond acceptors (Lipinski definition) is 7. The number of rotatable bonds is 5. The maximum absolute atomic E-state index is 10.9. The van der Waals surface area contributed by atoms with E-state index in [0.717, 1.165) is 11.1 Å². The number of anilines is 1. The van der Waals surface area contributed by atoms with Gasteiger partial charge in [-0.05, 0) is 24.1 Å². The minimum absolute atomic E-state index is 0.0459. The molecule has 0 atom stereocenters. The Labute approximate surface area is 119 Å². The Balaban J connectivity index is 2.11. The zero-order valence-electron chi connectivity index (χ0n) is 10.7. The van der Waals surface area contributed by atoms with Gasteiger partial charge in [0.2, 0.25) is 0 Å². The summed E-state index contributed by atoms with van der Waals surface area (Å²) < 4.78 is 0. The number of aromatic nitrogens is 2. The molecule has 0 fully saturated rings. The molecule has 104 valence electrons. The molecule has 2 rings (SSSR count). The minimum Gasteiger partial charge on any atom is -0.318 e. The van der Waals surface area contributed by atoms with E-state index >= 15 is 0 Å². The summed E-state index contributed by atoms with van der Waals surface area (Å²) in [5, 5.41) is 11.6. The molecule has 1 heterocycles. The first-order valence-electron chi connectivity index (χ1n) is 5.75. The van der Waals surface area contributed by atoms with E-state index in [1.807, 2.05) is 6.92 Å². The molecule has 0 unspecified atom stereocenters. The van der Waals surface area contributed by atoms with Crippen LogP contribution in [0.3, 0.4) is 0 Å². The van der Waals surface area contributed by atoms with E-state index in [-0.39, 0.29) is 11.4 Å². The van der Waals surface area contributed by atoms with Crippen LogP contribution in [0, 0.1) is 17.0 Å². The highest BCUT2D eigenvalue weighted by Crippen LogP contribution is 2.27. The van der Waals surface area contributed by atoms with Gasteiger partial charge < -0.3 is 5.43 Å². The van der Waals surface area contributed by atoms with Crippen LogP contribution in [-0.4, -0.2) is 14.9 Å². The van der Waals surface area contributed by atoms with Gasteiger partial charge in [-0.15, -0.1) is 0 Å². The van der Waals surface area contributed by atoms with Crippen LogP contribution in [0.2, 0.25) is 0 Å². The van der Waals surface area contributed by atoms with E-state index in [4.69, 9.17) is 5.84 Å². The summed E-state index contributed by atoms with van der Waals surface area (Å²) in [7, 11) is 0. The molecule has 0 amide bonds. The van der Waals surface area contributed by atoms with E-state index in [9.17, 15) is 10.1 Å². The van der Waals surface area contributed by atoms with Crippen molar-refractivity contribution < 1.29 is 4.92 Å². The van der Waals surface area contributed by atoms with E-state index in [2.05, 4.69) is 15.4 Å². The summed E-state index contributed by atoms with van der Waals surface area (Å²) in [4.78, 5) is 18.8. The highest BCUT2D eigenvalue weighted by molar-refractivity contribution is 7.98. The molecule has 8 heteroatoms. The normalized spacial score (nSPS) is 10.3. The smallest absolute Gasteiger partial charge is 0.293 e. The number of nitrogens with one attached hydrogen (secondary N) is 1. The number of benzene rings is 1. The van der Waals surface area contributed by atoms with Crippen LogP contribution < -0.4 is 11.3 Å². The van der Waals surface area contributed by atoms with E-state index < -0.39 is 4.92 Å². The molecule has 0 radical (unpaired) electrons. The van der Waals surface area contributed by atoms with Crippen LogP contribution >= 0.6 is 11.8 Å². The van der Waals surface area contributed by atoms with Crippen molar-refractivity contribution in [2.24, 2.45) is 5.84 Å². The molecule has 0 saturated heterocycles. The van der Waals surface area contributed by atoms with Crippen LogP contribution in [0.15, 0.2) is 35.7 Å². The first-order valence-corrected chi connectivity index (χ1v) is 6.74. The van der Waals surface area contributed by atoms with Crippen molar-refractivity contribution in [2.45, 2.75) is 17.8 Å². The third kappa shape index (κ3) is 3.43. The second kappa shape index (κ2) is 6.31. The molecule has 3 N–H and O–H groups in total.